The quantitative estimate of drug-likeness (QED) is 0.871. The Morgan fingerprint density at radius 3 is 3.00 bits per heavy atom. The maximum atomic E-state index is 11.9. The van der Waals surface area contributed by atoms with Gasteiger partial charge in [0.2, 0.25) is 0 Å². The molecule has 2 N–H and O–H groups in total. The molecule has 0 radical (unpaired) electrons. The Morgan fingerprint density at radius 2 is 2.37 bits per heavy atom. The predicted octanol–water partition coefficient (Wildman–Crippen LogP) is 1.61. The third kappa shape index (κ3) is 3.44. The zero-order valence-corrected chi connectivity index (χ0v) is 11.7. The van der Waals surface area contributed by atoms with Gasteiger partial charge in [0.15, 0.2) is 0 Å². The highest BCUT2D eigenvalue weighted by molar-refractivity contribution is 5.74. The van der Waals surface area contributed by atoms with Gasteiger partial charge in [0.25, 0.3) is 0 Å². The van der Waals surface area contributed by atoms with Gasteiger partial charge in [0.1, 0.15) is 0 Å². The molecule has 1 aromatic rings. The van der Waals surface area contributed by atoms with Gasteiger partial charge in [-0.3, -0.25) is 4.98 Å². The van der Waals surface area contributed by atoms with Crippen molar-refractivity contribution in [3.63, 3.8) is 0 Å². The molecule has 0 saturated carbocycles. The SMILES string of the molecule is Cc1ncccc1CNC(=O)NC1COCC1(C)C. The first-order valence-electron chi connectivity index (χ1n) is 6.51. The van der Waals surface area contributed by atoms with Gasteiger partial charge >= 0.3 is 6.03 Å². The third-order valence-corrected chi connectivity index (χ3v) is 3.56. The smallest absolute Gasteiger partial charge is 0.315 e. The number of carbonyl (C=O) groups is 1. The van der Waals surface area contributed by atoms with Crippen molar-refractivity contribution >= 4 is 6.03 Å². The molecule has 1 saturated heterocycles. The summed E-state index contributed by atoms with van der Waals surface area (Å²) >= 11 is 0. The van der Waals surface area contributed by atoms with Crippen molar-refractivity contribution in [2.75, 3.05) is 13.2 Å². The van der Waals surface area contributed by atoms with Crippen molar-refractivity contribution in [3.05, 3.63) is 29.6 Å². The first-order valence-corrected chi connectivity index (χ1v) is 6.51. The monoisotopic (exact) mass is 263 g/mol. The number of pyridine rings is 1. The molecule has 5 heteroatoms. The van der Waals surface area contributed by atoms with E-state index in [4.69, 9.17) is 4.74 Å². The van der Waals surface area contributed by atoms with Crippen molar-refractivity contribution in [2.45, 2.75) is 33.4 Å². The molecule has 2 heterocycles. The minimum Gasteiger partial charge on any atom is -0.379 e. The van der Waals surface area contributed by atoms with E-state index in [1.807, 2.05) is 19.1 Å². The molecule has 1 aromatic heterocycles. The number of urea groups is 1. The molecule has 0 aromatic carbocycles. The fourth-order valence-electron chi connectivity index (χ4n) is 2.09. The standard InChI is InChI=1S/C14H21N3O2/c1-10-11(5-4-6-15-10)7-16-13(18)17-12-8-19-9-14(12,2)3/h4-6,12H,7-9H2,1-3H3,(H2,16,17,18). The van der Waals surface area contributed by atoms with Crippen LogP contribution in [0.5, 0.6) is 0 Å². The highest BCUT2D eigenvalue weighted by atomic mass is 16.5. The summed E-state index contributed by atoms with van der Waals surface area (Å²) in [6.07, 6.45) is 1.75. The minimum absolute atomic E-state index is 0.0123. The van der Waals surface area contributed by atoms with Gasteiger partial charge in [0, 0.05) is 23.9 Å². The number of hydrogen-bond donors (Lipinski definition) is 2. The molecular formula is C14H21N3O2. The molecule has 19 heavy (non-hydrogen) atoms. The highest BCUT2D eigenvalue weighted by Gasteiger charge is 2.36. The molecule has 5 nitrogen and oxygen atoms in total. The number of carbonyl (C=O) groups excluding carboxylic acids is 1. The summed E-state index contributed by atoms with van der Waals surface area (Å²) < 4.78 is 5.40. The van der Waals surface area contributed by atoms with Gasteiger partial charge in [-0.15, -0.1) is 0 Å². The number of aryl methyl sites for hydroxylation is 1. The van der Waals surface area contributed by atoms with Crippen LogP contribution in [-0.4, -0.2) is 30.3 Å². The van der Waals surface area contributed by atoms with E-state index in [1.54, 1.807) is 6.20 Å². The Hall–Kier alpha value is -1.62. The van der Waals surface area contributed by atoms with Gasteiger partial charge in [-0.1, -0.05) is 19.9 Å². The average Bonchev–Trinajstić information content (AvgIpc) is 2.68. The largest absolute Gasteiger partial charge is 0.379 e. The molecule has 2 amide bonds. The first kappa shape index (κ1) is 13.8. The molecule has 1 aliphatic heterocycles. The van der Waals surface area contributed by atoms with Gasteiger partial charge in [0.05, 0.1) is 19.3 Å². The van der Waals surface area contributed by atoms with E-state index in [1.165, 1.54) is 0 Å². The Balaban J connectivity index is 1.84. The molecule has 1 atom stereocenters. The zero-order valence-electron chi connectivity index (χ0n) is 11.7. The lowest BCUT2D eigenvalue weighted by molar-refractivity contribution is 0.166. The Labute approximate surface area is 113 Å². The molecule has 1 aliphatic rings. The molecule has 104 valence electrons. The van der Waals surface area contributed by atoms with Crippen LogP contribution in [0.4, 0.5) is 4.79 Å². The van der Waals surface area contributed by atoms with Gasteiger partial charge in [-0.05, 0) is 18.6 Å². The lowest BCUT2D eigenvalue weighted by atomic mass is 9.88. The Kier molecular flexibility index (Phi) is 4.04. The second-order valence-corrected chi connectivity index (χ2v) is 5.63. The van der Waals surface area contributed by atoms with Crippen LogP contribution in [0.15, 0.2) is 18.3 Å². The number of hydrogen-bond acceptors (Lipinski definition) is 3. The summed E-state index contributed by atoms with van der Waals surface area (Å²) in [4.78, 5) is 16.1. The zero-order chi connectivity index (χ0) is 13.9. The summed E-state index contributed by atoms with van der Waals surface area (Å²) in [6.45, 7) is 7.86. The van der Waals surface area contributed by atoms with Crippen LogP contribution in [0.3, 0.4) is 0 Å². The van der Waals surface area contributed by atoms with E-state index in [-0.39, 0.29) is 17.5 Å². The molecule has 2 rings (SSSR count). The van der Waals surface area contributed by atoms with Crippen LogP contribution in [-0.2, 0) is 11.3 Å². The lowest BCUT2D eigenvalue weighted by Crippen LogP contribution is -2.48. The lowest BCUT2D eigenvalue weighted by Gasteiger charge is -2.25. The van der Waals surface area contributed by atoms with Crippen LogP contribution in [0.2, 0.25) is 0 Å². The van der Waals surface area contributed by atoms with Crippen LogP contribution in [0.25, 0.3) is 0 Å². The normalized spacial score (nSPS) is 21.1. The fourth-order valence-corrected chi connectivity index (χ4v) is 2.09. The van der Waals surface area contributed by atoms with Crippen LogP contribution < -0.4 is 10.6 Å². The summed E-state index contributed by atoms with van der Waals surface area (Å²) in [5, 5.41) is 5.82. The Morgan fingerprint density at radius 1 is 1.58 bits per heavy atom. The summed E-state index contributed by atoms with van der Waals surface area (Å²) in [7, 11) is 0. The highest BCUT2D eigenvalue weighted by Crippen LogP contribution is 2.27. The van der Waals surface area contributed by atoms with Crippen LogP contribution >= 0.6 is 0 Å². The van der Waals surface area contributed by atoms with Gasteiger partial charge in [-0.25, -0.2) is 4.79 Å². The van der Waals surface area contributed by atoms with E-state index < -0.39 is 0 Å². The third-order valence-electron chi connectivity index (χ3n) is 3.56. The summed E-state index contributed by atoms with van der Waals surface area (Å²) in [5.74, 6) is 0. The first-order chi connectivity index (χ1) is 8.99. The number of ether oxygens (including phenoxy) is 1. The van der Waals surface area contributed by atoms with Gasteiger partial charge in [-0.2, -0.15) is 0 Å². The van der Waals surface area contributed by atoms with E-state index >= 15 is 0 Å². The van der Waals surface area contributed by atoms with E-state index in [9.17, 15) is 4.79 Å². The van der Waals surface area contributed by atoms with Crippen molar-refractivity contribution in [1.29, 1.82) is 0 Å². The number of nitrogens with zero attached hydrogens (tertiary/aromatic N) is 1. The molecule has 0 spiro atoms. The van der Waals surface area contributed by atoms with Crippen molar-refractivity contribution in [2.24, 2.45) is 5.41 Å². The topological polar surface area (TPSA) is 63.2 Å². The van der Waals surface area contributed by atoms with E-state index in [0.29, 0.717) is 19.8 Å². The molecule has 0 aliphatic carbocycles. The van der Waals surface area contributed by atoms with Crippen LogP contribution in [0, 0.1) is 12.3 Å². The van der Waals surface area contributed by atoms with E-state index in [2.05, 4.69) is 29.5 Å². The number of nitrogens with one attached hydrogen (secondary N) is 2. The summed E-state index contributed by atoms with van der Waals surface area (Å²) in [6, 6.07) is 3.73. The maximum Gasteiger partial charge on any atom is 0.315 e. The van der Waals surface area contributed by atoms with Gasteiger partial charge < -0.3 is 15.4 Å². The predicted molar refractivity (Wildman–Crippen MR) is 72.7 cm³/mol. The Bertz CT molecular complexity index is 460. The fraction of sp³-hybridized carbons (Fsp3) is 0.571. The number of aromatic nitrogens is 1. The maximum absolute atomic E-state index is 11.9. The number of amides is 2. The molecular weight excluding hydrogens is 242 g/mol. The summed E-state index contributed by atoms with van der Waals surface area (Å²) in [5.41, 5.74) is 1.95. The van der Waals surface area contributed by atoms with E-state index in [0.717, 1.165) is 11.3 Å². The number of rotatable bonds is 3. The minimum atomic E-state index is -0.160. The second kappa shape index (κ2) is 5.57. The van der Waals surface area contributed by atoms with Crippen LogP contribution in [0.1, 0.15) is 25.1 Å². The second-order valence-electron chi connectivity index (χ2n) is 5.63. The molecule has 0 bridgehead atoms. The average molecular weight is 263 g/mol. The van der Waals surface area contributed by atoms with Crippen molar-refractivity contribution < 1.29 is 9.53 Å². The molecule has 1 fully saturated rings. The van der Waals surface area contributed by atoms with Crippen molar-refractivity contribution in [1.82, 2.24) is 15.6 Å². The molecule has 1 unspecified atom stereocenters. The van der Waals surface area contributed by atoms with Crippen molar-refractivity contribution in [3.8, 4) is 0 Å².